The maximum Gasteiger partial charge on any atom is 0.313 e. The monoisotopic (exact) mass is 390 g/mol. The molecule has 2 amide bonds. The van der Waals surface area contributed by atoms with Gasteiger partial charge >= 0.3 is 11.8 Å². The van der Waals surface area contributed by atoms with Crippen LogP contribution in [0.15, 0.2) is 78.9 Å². The fraction of sp³-hybridized carbons (Fsp3) is 0.130. The summed E-state index contributed by atoms with van der Waals surface area (Å²) in [6.45, 7) is 1.81. The lowest BCUT2D eigenvalue weighted by atomic mass is 10.1. The van der Waals surface area contributed by atoms with Crippen molar-refractivity contribution >= 4 is 17.5 Å². The molecule has 1 unspecified atom stereocenters. The molecule has 0 aliphatic carbocycles. The number of carbonyl (C=O) groups excluding carboxylic acids is 2. The van der Waals surface area contributed by atoms with Crippen LogP contribution in [0.3, 0.4) is 0 Å². The molecular weight excluding hydrogens is 368 g/mol. The zero-order valence-electron chi connectivity index (χ0n) is 16.2. The summed E-state index contributed by atoms with van der Waals surface area (Å²) in [6, 6.07) is 23.1. The summed E-state index contributed by atoms with van der Waals surface area (Å²) in [5, 5.41) is 5.26. The number of rotatable bonds is 6. The molecule has 0 radical (unpaired) electrons. The van der Waals surface area contributed by atoms with Crippen molar-refractivity contribution < 1.29 is 19.1 Å². The van der Waals surface area contributed by atoms with Crippen LogP contribution < -0.4 is 20.1 Å². The van der Waals surface area contributed by atoms with Gasteiger partial charge in [0.25, 0.3) is 0 Å². The van der Waals surface area contributed by atoms with Gasteiger partial charge in [-0.05, 0) is 61.0 Å². The first-order valence-electron chi connectivity index (χ1n) is 9.14. The molecule has 1 atom stereocenters. The van der Waals surface area contributed by atoms with Crippen LogP contribution in [0, 0.1) is 0 Å². The highest BCUT2D eigenvalue weighted by molar-refractivity contribution is 6.39. The first-order valence-corrected chi connectivity index (χ1v) is 9.14. The van der Waals surface area contributed by atoms with E-state index in [0.717, 1.165) is 17.1 Å². The standard InChI is InChI=1S/C23H22N2O4/c1-16(17-8-12-19(28-2)13-9-17)24-22(26)23(27)25-18-10-14-21(15-11-18)29-20-6-4-3-5-7-20/h3-16H,1-2H3,(H,24,26)(H,25,27). The number of ether oxygens (including phenoxy) is 2. The molecule has 0 fully saturated rings. The summed E-state index contributed by atoms with van der Waals surface area (Å²) in [5.74, 6) is 0.632. The number of amides is 2. The van der Waals surface area contributed by atoms with Gasteiger partial charge in [-0.2, -0.15) is 0 Å². The Kier molecular flexibility index (Phi) is 6.47. The minimum atomic E-state index is -0.734. The molecule has 29 heavy (non-hydrogen) atoms. The molecular formula is C23H22N2O4. The van der Waals surface area contributed by atoms with Crippen molar-refractivity contribution in [2.24, 2.45) is 0 Å². The van der Waals surface area contributed by atoms with Crippen LogP contribution in [0.25, 0.3) is 0 Å². The smallest absolute Gasteiger partial charge is 0.313 e. The van der Waals surface area contributed by atoms with Crippen LogP contribution in [0.1, 0.15) is 18.5 Å². The Balaban J connectivity index is 1.54. The third-order valence-electron chi connectivity index (χ3n) is 4.26. The number of methoxy groups -OCH3 is 1. The highest BCUT2D eigenvalue weighted by atomic mass is 16.5. The fourth-order valence-electron chi connectivity index (χ4n) is 2.66. The second-order valence-corrected chi connectivity index (χ2v) is 6.36. The molecule has 0 saturated heterocycles. The summed E-state index contributed by atoms with van der Waals surface area (Å²) in [4.78, 5) is 24.4. The van der Waals surface area contributed by atoms with E-state index in [0.29, 0.717) is 11.4 Å². The average Bonchev–Trinajstić information content (AvgIpc) is 2.75. The molecule has 0 bridgehead atoms. The molecule has 0 aliphatic rings. The van der Waals surface area contributed by atoms with Crippen LogP contribution in [-0.4, -0.2) is 18.9 Å². The zero-order valence-corrected chi connectivity index (χ0v) is 16.2. The zero-order chi connectivity index (χ0) is 20.6. The summed E-state index contributed by atoms with van der Waals surface area (Å²) in [5.41, 5.74) is 1.37. The molecule has 3 rings (SSSR count). The van der Waals surface area contributed by atoms with E-state index in [-0.39, 0.29) is 6.04 Å². The van der Waals surface area contributed by atoms with Crippen LogP contribution in [0.2, 0.25) is 0 Å². The number of para-hydroxylation sites is 1. The lowest BCUT2D eigenvalue weighted by Crippen LogP contribution is -2.36. The van der Waals surface area contributed by atoms with E-state index in [1.165, 1.54) is 0 Å². The average molecular weight is 390 g/mol. The Bertz CT molecular complexity index is 954. The Labute approximate surface area is 169 Å². The fourth-order valence-corrected chi connectivity index (χ4v) is 2.66. The minimum absolute atomic E-state index is 0.319. The molecule has 0 aromatic heterocycles. The number of nitrogens with one attached hydrogen (secondary N) is 2. The summed E-state index contributed by atoms with van der Waals surface area (Å²) >= 11 is 0. The van der Waals surface area contributed by atoms with E-state index >= 15 is 0 Å². The Morgan fingerprint density at radius 2 is 1.34 bits per heavy atom. The summed E-state index contributed by atoms with van der Waals surface area (Å²) in [6.07, 6.45) is 0. The summed E-state index contributed by atoms with van der Waals surface area (Å²) in [7, 11) is 1.59. The highest BCUT2D eigenvalue weighted by Gasteiger charge is 2.17. The lowest BCUT2D eigenvalue weighted by molar-refractivity contribution is -0.136. The number of benzene rings is 3. The van der Waals surface area contributed by atoms with Gasteiger partial charge in [-0.15, -0.1) is 0 Å². The van der Waals surface area contributed by atoms with Crippen LogP contribution in [0.5, 0.6) is 17.2 Å². The highest BCUT2D eigenvalue weighted by Crippen LogP contribution is 2.22. The van der Waals surface area contributed by atoms with Gasteiger partial charge in [0.15, 0.2) is 0 Å². The maximum absolute atomic E-state index is 12.2. The van der Waals surface area contributed by atoms with Gasteiger partial charge in [-0.1, -0.05) is 30.3 Å². The third-order valence-corrected chi connectivity index (χ3v) is 4.26. The largest absolute Gasteiger partial charge is 0.497 e. The second-order valence-electron chi connectivity index (χ2n) is 6.36. The van der Waals surface area contributed by atoms with Gasteiger partial charge < -0.3 is 20.1 Å². The van der Waals surface area contributed by atoms with Crippen LogP contribution >= 0.6 is 0 Å². The molecule has 0 saturated carbocycles. The normalized spacial score (nSPS) is 11.2. The van der Waals surface area contributed by atoms with Crippen molar-refractivity contribution in [2.45, 2.75) is 13.0 Å². The number of anilines is 1. The van der Waals surface area contributed by atoms with Gasteiger partial charge in [0.2, 0.25) is 0 Å². The summed E-state index contributed by atoms with van der Waals surface area (Å²) < 4.78 is 10.8. The Morgan fingerprint density at radius 1 is 0.759 bits per heavy atom. The van der Waals surface area contributed by atoms with E-state index in [1.807, 2.05) is 49.4 Å². The van der Waals surface area contributed by atoms with E-state index in [9.17, 15) is 9.59 Å². The molecule has 6 nitrogen and oxygen atoms in total. The molecule has 6 heteroatoms. The van der Waals surface area contributed by atoms with Crippen LogP contribution in [-0.2, 0) is 9.59 Å². The van der Waals surface area contributed by atoms with E-state index in [1.54, 1.807) is 43.5 Å². The third kappa shape index (κ3) is 5.59. The first kappa shape index (κ1) is 19.9. The van der Waals surface area contributed by atoms with Crippen molar-refractivity contribution in [2.75, 3.05) is 12.4 Å². The van der Waals surface area contributed by atoms with Crippen molar-refractivity contribution in [3.05, 3.63) is 84.4 Å². The molecule has 3 aromatic carbocycles. The quantitative estimate of drug-likeness (QED) is 0.615. The number of carbonyl (C=O) groups is 2. The molecule has 148 valence electrons. The van der Waals surface area contributed by atoms with Crippen LogP contribution in [0.4, 0.5) is 5.69 Å². The van der Waals surface area contributed by atoms with Crippen molar-refractivity contribution in [1.29, 1.82) is 0 Å². The topological polar surface area (TPSA) is 76.7 Å². The van der Waals surface area contributed by atoms with Gasteiger partial charge in [-0.25, -0.2) is 0 Å². The second kappa shape index (κ2) is 9.41. The van der Waals surface area contributed by atoms with Gasteiger partial charge in [0.05, 0.1) is 13.2 Å². The van der Waals surface area contributed by atoms with Crippen molar-refractivity contribution in [3.8, 4) is 17.2 Å². The maximum atomic E-state index is 12.2. The first-order chi connectivity index (χ1) is 14.0. The van der Waals surface area contributed by atoms with E-state index in [4.69, 9.17) is 9.47 Å². The predicted octanol–water partition coefficient (Wildman–Crippen LogP) is 4.30. The van der Waals surface area contributed by atoms with Gasteiger partial charge in [0.1, 0.15) is 17.2 Å². The minimum Gasteiger partial charge on any atom is -0.497 e. The van der Waals surface area contributed by atoms with E-state index < -0.39 is 11.8 Å². The molecule has 3 aromatic rings. The number of hydrogen-bond donors (Lipinski definition) is 2. The predicted molar refractivity (Wildman–Crippen MR) is 111 cm³/mol. The Hall–Kier alpha value is -3.80. The Morgan fingerprint density at radius 3 is 1.97 bits per heavy atom. The van der Waals surface area contributed by atoms with E-state index in [2.05, 4.69) is 10.6 Å². The SMILES string of the molecule is COc1ccc(C(C)NC(=O)C(=O)Nc2ccc(Oc3ccccc3)cc2)cc1. The molecule has 0 aliphatic heterocycles. The van der Waals surface area contributed by atoms with Crippen molar-refractivity contribution in [1.82, 2.24) is 5.32 Å². The lowest BCUT2D eigenvalue weighted by Gasteiger charge is -2.14. The number of hydrogen-bond acceptors (Lipinski definition) is 4. The molecule has 2 N–H and O–H groups in total. The van der Waals surface area contributed by atoms with Gasteiger partial charge in [-0.3, -0.25) is 9.59 Å². The molecule has 0 heterocycles. The molecule has 0 spiro atoms. The van der Waals surface area contributed by atoms with Gasteiger partial charge in [0, 0.05) is 5.69 Å². The van der Waals surface area contributed by atoms with Crippen molar-refractivity contribution in [3.63, 3.8) is 0 Å².